The molecular weight excluding hydrogens is 395 g/mol. The summed E-state index contributed by atoms with van der Waals surface area (Å²) in [6, 6.07) is 7.80. The van der Waals surface area contributed by atoms with E-state index in [1.165, 1.54) is 29.3 Å². The van der Waals surface area contributed by atoms with Gasteiger partial charge in [0.2, 0.25) is 11.7 Å². The van der Waals surface area contributed by atoms with Crippen LogP contribution in [0.2, 0.25) is 0 Å². The van der Waals surface area contributed by atoms with Crippen LogP contribution in [0, 0.1) is 5.82 Å². The molecule has 30 heavy (non-hydrogen) atoms. The number of benzene rings is 1. The molecule has 0 fully saturated rings. The topological polar surface area (TPSA) is 152 Å². The number of nitrogens with one attached hydrogen (secondary N) is 2. The summed E-state index contributed by atoms with van der Waals surface area (Å²) in [6.45, 7) is 0. The number of amides is 2. The van der Waals surface area contributed by atoms with Crippen LogP contribution in [0.25, 0.3) is 11.4 Å². The number of nitrogens with two attached hydrogens (primary N) is 1. The Morgan fingerprint density at radius 2 is 1.90 bits per heavy atom. The average molecular weight is 410 g/mol. The van der Waals surface area contributed by atoms with Gasteiger partial charge in [0, 0.05) is 24.4 Å². The molecule has 0 saturated heterocycles. The van der Waals surface area contributed by atoms with Crippen LogP contribution < -0.4 is 21.6 Å². The average Bonchev–Trinajstić information content (AvgIpc) is 3.41. The lowest BCUT2D eigenvalue weighted by atomic mass is 10.1. The molecule has 2 amide bonds. The maximum Gasteiger partial charge on any atom is 0.340 e. The number of hydrogen-bond acceptors (Lipinski definition) is 9. The van der Waals surface area contributed by atoms with Gasteiger partial charge in [-0.1, -0.05) is 5.16 Å². The van der Waals surface area contributed by atoms with Gasteiger partial charge in [-0.2, -0.15) is 10.1 Å². The van der Waals surface area contributed by atoms with Gasteiger partial charge in [-0.05, 0) is 36.4 Å². The van der Waals surface area contributed by atoms with E-state index in [0.717, 1.165) is 0 Å². The van der Waals surface area contributed by atoms with Crippen molar-refractivity contribution in [2.45, 2.75) is 12.5 Å². The van der Waals surface area contributed by atoms with Gasteiger partial charge in [0.25, 0.3) is 5.91 Å². The van der Waals surface area contributed by atoms with E-state index in [1.54, 1.807) is 24.5 Å². The lowest BCUT2D eigenvalue weighted by Gasteiger charge is -2.20. The first-order valence-corrected chi connectivity index (χ1v) is 8.73. The van der Waals surface area contributed by atoms with Crippen LogP contribution in [-0.4, -0.2) is 38.7 Å². The molecule has 12 heteroatoms. The summed E-state index contributed by atoms with van der Waals surface area (Å²) in [4.78, 5) is 32.2. The molecule has 0 bridgehead atoms. The molecule has 1 aliphatic heterocycles. The van der Waals surface area contributed by atoms with Crippen molar-refractivity contribution >= 4 is 29.2 Å². The number of nitrogens with zero attached hydrogens (tertiary/aromatic N) is 5. The van der Waals surface area contributed by atoms with Crippen molar-refractivity contribution in [3.05, 3.63) is 54.6 Å². The van der Waals surface area contributed by atoms with Gasteiger partial charge in [0.15, 0.2) is 0 Å². The Labute approximate surface area is 168 Å². The fourth-order valence-electron chi connectivity index (χ4n) is 2.78. The number of carbonyl (C=O) groups excluding carboxylic acids is 2. The molecule has 4 rings (SSSR count). The van der Waals surface area contributed by atoms with Crippen molar-refractivity contribution in [1.29, 1.82) is 0 Å². The summed E-state index contributed by atoms with van der Waals surface area (Å²) in [5.41, 5.74) is 11.5. The number of pyridine rings is 1. The van der Waals surface area contributed by atoms with E-state index in [-0.39, 0.29) is 18.1 Å². The molecule has 1 aliphatic rings. The second-order valence-electron chi connectivity index (χ2n) is 6.23. The van der Waals surface area contributed by atoms with Crippen molar-refractivity contribution in [2.24, 2.45) is 10.8 Å². The molecule has 2 aromatic heterocycles. The monoisotopic (exact) mass is 410 g/mol. The number of hydrogen-bond donors (Lipinski definition) is 3. The molecule has 3 heterocycles. The van der Waals surface area contributed by atoms with Gasteiger partial charge in [-0.25, -0.2) is 9.82 Å². The highest BCUT2D eigenvalue weighted by atomic mass is 19.1. The van der Waals surface area contributed by atoms with E-state index in [0.29, 0.717) is 17.1 Å². The second kappa shape index (κ2) is 7.95. The summed E-state index contributed by atoms with van der Waals surface area (Å²) < 4.78 is 18.2. The molecule has 11 nitrogen and oxygen atoms in total. The van der Waals surface area contributed by atoms with Crippen LogP contribution in [0.1, 0.15) is 6.42 Å². The first-order chi connectivity index (χ1) is 14.5. The fraction of sp³-hybridized carbons (Fsp3) is 0.111. The number of hydrazone groups is 1. The van der Waals surface area contributed by atoms with E-state index >= 15 is 0 Å². The number of primary amides is 1. The van der Waals surface area contributed by atoms with Crippen LogP contribution in [0.5, 0.6) is 0 Å². The minimum Gasteiger partial charge on any atom is -0.368 e. The smallest absolute Gasteiger partial charge is 0.340 e. The molecule has 0 aliphatic carbocycles. The summed E-state index contributed by atoms with van der Waals surface area (Å²) >= 11 is 0. The Hall–Kier alpha value is -4.35. The summed E-state index contributed by atoms with van der Waals surface area (Å²) in [5.74, 6) is -1.42. The fourth-order valence-corrected chi connectivity index (χ4v) is 2.78. The van der Waals surface area contributed by atoms with Gasteiger partial charge >= 0.3 is 6.01 Å². The lowest BCUT2D eigenvalue weighted by molar-refractivity contribution is -0.119. The number of carbonyl (C=O) groups is 2. The maximum atomic E-state index is 13.2. The second-order valence-corrected chi connectivity index (χ2v) is 6.23. The highest BCUT2D eigenvalue weighted by Gasteiger charge is 2.35. The van der Waals surface area contributed by atoms with E-state index in [1.807, 2.05) is 0 Å². The molecule has 3 aromatic rings. The SMILES string of the molecule is NC(=O)C1CC(C(=O)NNc2nc(-c3ccncc3)no2)=NN1c1ccc(F)cc1. The molecule has 0 spiro atoms. The standard InChI is InChI=1S/C18H15FN8O3/c19-11-1-3-12(4-2-11)27-14(15(20)28)9-13(25-27)17(29)23-24-18-22-16(26-30-18)10-5-7-21-8-6-10/h1-8,14H,9H2,(H2,20,28)(H,23,29)(H,22,24,26). The third kappa shape index (κ3) is 3.92. The van der Waals surface area contributed by atoms with Gasteiger partial charge < -0.3 is 10.3 Å². The molecular formula is C18H15FN8O3. The van der Waals surface area contributed by atoms with Crippen LogP contribution in [-0.2, 0) is 9.59 Å². The Balaban J connectivity index is 1.44. The molecule has 152 valence electrons. The van der Waals surface area contributed by atoms with Crippen molar-refractivity contribution in [1.82, 2.24) is 20.6 Å². The van der Waals surface area contributed by atoms with Gasteiger partial charge in [0.05, 0.1) is 5.69 Å². The third-order valence-electron chi connectivity index (χ3n) is 4.24. The van der Waals surface area contributed by atoms with Crippen molar-refractivity contribution < 1.29 is 18.5 Å². The third-order valence-corrected chi connectivity index (χ3v) is 4.24. The van der Waals surface area contributed by atoms with Crippen LogP contribution in [0.4, 0.5) is 16.1 Å². The summed E-state index contributed by atoms with van der Waals surface area (Å²) in [7, 11) is 0. The van der Waals surface area contributed by atoms with Crippen LogP contribution in [0.15, 0.2) is 58.4 Å². The zero-order chi connectivity index (χ0) is 21.1. The predicted molar refractivity (Wildman–Crippen MR) is 103 cm³/mol. The normalized spacial score (nSPS) is 15.6. The zero-order valence-electron chi connectivity index (χ0n) is 15.3. The number of anilines is 2. The molecule has 4 N–H and O–H groups in total. The minimum atomic E-state index is -0.877. The minimum absolute atomic E-state index is 0.0215. The molecule has 1 unspecified atom stereocenters. The Morgan fingerprint density at radius 3 is 2.60 bits per heavy atom. The highest BCUT2D eigenvalue weighted by molar-refractivity contribution is 6.40. The first-order valence-electron chi connectivity index (χ1n) is 8.73. The van der Waals surface area contributed by atoms with Gasteiger partial charge in [0.1, 0.15) is 17.6 Å². The number of rotatable bonds is 6. The van der Waals surface area contributed by atoms with E-state index in [4.69, 9.17) is 10.3 Å². The largest absolute Gasteiger partial charge is 0.368 e. The molecule has 0 saturated carbocycles. The Morgan fingerprint density at radius 1 is 1.17 bits per heavy atom. The number of aromatic nitrogens is 3. The van der Waals surface area contributed by atoms with Crippen molar-refractivity contribution in [2.75, 3.05) is 10.4 Å². The molecule has 1 aromatic carbocycles. The number of hydrazine groups is 1. The van der Waals surface area contributed by atoms with Gasteiger partial charge in [-0.3, -0.25) is 25.0 Å². The first kappa shape index (κ1) is 19.0. The van der Waals surface area contributed by atoms with E-state index in [9.17, 15) is 14.0 Å². The van der Waals surface area contributed by atoms with Crippen molar-refractivity contribution in [3.63, 3.8) is 0 Å². The highest BCUT2D eigenvalue weighted by Crippen LogP contribution is 2.25. The van der Waals surface area contributed by atoms with E-state index < -0.39 is 23.7 Å². The predicted octanol–water partition coefficient (Wildman–Crippen LogP) is 0.834. The van der Waals surface area contributed by atoms with E-state index in [2.05, 4.69) is 31.1 Å². The van der Waals surface area contributed by atoms with Crippen LogP contribution in [0.3, 0.4) is 0 Å². The maximum absolute atomic E-state index is 13.2. The van der Waals surface area contributed by atoms with Crippen LogP contribution >= 0.6 is 0 Å². The lowest BCUT2D eigenvalue weighted by Crippen LogP contribution is -2.40. The summed E-state index contributed by atoms with van der Waals surface area (Å²) in [5, 5.41) is 9.24. The quantitative estimate of drug-likeness (QED) is 0.506. The zero-order valence-corrected chi connectivity index (χ0v) is 15.3. The molecule has 1 atom stereocenters. The van der Waals surface area contributed by atoms with Gasteiger partial charge in [-0.15, -0.1) is 0 Å². The van der Waals surface area contributed by atoms with Crippen molar-refractivity contribution in [3.8, 4) is 11.4 Å². The molecule has 0 radical (unpaired) electrons. The Bertz CT molecular complexity index is 1100. The Kier molecular flexibility index (Phi) is 5.03. The summed E-state index contributed by atoms with van der Waals surface area (Å²) in [6.07, 6.45) is 3.15. The number of halogens is 1.